The van der Waals surface area contributed by atoms with Crippen LogP contribution in [0.5, 0.6) is 0 Å². The highest BCUT2D eigenvalue weighted by atomic mass is 32.2. The van der Waals surface area contributed by atoms with Crippen molar-refractivity contribution in [3.63, 3.8) is 0 Å². The topological polar surface area (TPSA) is 105 Å². The third kappa shape index (κ3) is 4.17. The summed E-state index contributed by atoms with van der Waals surface area (Å²) in [5.74, 6) is -0.827. The maximum Gasteiger partial charge on any atom is 0.308 e. The molecular weight excluding hydrogens is 428 g/mol. The number of hydrogen-bond acceptors (Lipinski definition) is 5. The molecule has 3 aromatic rings. The van der Waals surface area contributed by atoms with E-state index in [1.807, 2.05) is 30.3 Å². The van der Waals surface area contributed by atoms with E-state index in [-0.39, 0.29) is 4.90 Å². The van der Waals surface area contributed by atoms with Gasteiger partial charge in [0, 0.05) is 36.1 Å². The first-order valence-corrected chi connectivity index (χ1v) is 12.2. The number of aromatic nitrogens is 2. The number of aliphatic carboxylic acids is 1. The molecule has 0 saturated carbocycles. The lowest BCUT2D eigenvalue weighted by Gasteiger charge is -2.22. The monoisotopic (exact) mass is 456 g/mol. The number of rotatable bonds is 7. The number of carboxylic acids is 1. The minimum Gasteiger partial charge on any atom is -0.481 e. The first-order chi connectivity index (χ1) is 15.2. The van der Waals surface area contributed by atoms with Crippen LogP contribution in [0.4, 0.5) is 11.4 Å². The third-order valence-electron chi connectivity index (χ3n) is 5.91. The van der Waals surface area contributed by atoms with E-state index in [0.717, 1.165) is 16.5 Å². The Bertz CT molecular complexity index is 1270. The summed E-state index contributed by atoms with van der Waals surface area (Å²) in [6.07, 6.45) is 1.99. The van der Waals surface area contributed by atoms with Gasteiger partial charge in [-0.25, -0.2) is 8.42 Å². The zero-order valence-corrected chi connectivity index (χ0v) is 19.3. The summed E-state index contributed by atoms with van der Waals surface area (Å²) in [5.41, 5.74) is 1.99. The van der Waals surface area contributed by atoms with E-state index in [9.17, 15) is 18.3 Å². The highest BCUT2D eigenvalue weighted by molar-refractivity contribution is 7.92. The molecule has 1 fully saturated rings. The van der Waals surface area contributed by atoms with Crippen molar-refractivity contribution in [3.05, 3.63) is 48.3 Å². The van der Waals surface area contributed by atoms with E-state index in [2.05, 4.69) is 28.6 Å². The molecular formula is C23H28N4O4S. The van der Waals surface area contributed by atoms with E-state index in [0.29, 0.717) is 43.4 Å². The molecule has 8 nitrogen and oxygen atoms in total. The summed E-state index contributed by atoms with van der Waals surface area (Å²) in [6.45, 7) is 7.61. The quantitative estimate of drug-likeness (QED) is 0.562. The molecule has 1 saturated heterocycles. The van der Waals surface area contributed by atoms with Gasteiger partial charge >= 0.3 is 5.97 Å². The Morgan fingerprint density at radius 2 is 1.94 bits per heavy atom. The van der Waals surface area contributed by atoms with Crippen LogP contribution in [0, 0.1) is 18.8 Å². The summed E-state index contributed by atoms with van der Waals surface area (Å²) in [4.78, 5) is 13.6. The number of benzene rings is 2. The van der Waals surface area contributed by atoms with E-state index in [1.54, 1.807) is 17.7 Å². The molecule has 2 heterocycles. The van der Waals surface area contributed by atoms with E-state index in [4.69, 9.17) is 0 Å². The van der Waals surface area contributed by atoms with Gasteiger partial charge in [0.1, 0.15) is 4.90 Å². The molecule has 0 bridgehead atoms. The maximum atomic E-state index is 13.2. The number of fused-ring (bicyclic) bond motifs is 1. The molecule has 0 unspecified atom stereocenters. The molecule has 0 aliphatic carbocycles. The predicted molar refractivity (Wildman–Crippen MR) is 125 cm³/mol. The van der Waals surface area contributed by atoms with E-state index in [1.165, 1.54) is 6.20 Å². The number of anilines is 2. The number of carboxylic acid groups (broad SMARTS) is 1. The van der Waals surface area contributed by atoms with Gasteiger partial charge in [-0.2, -0.15) is 5.10 Å². The van der Waals surface area contributed by atoms with Crippen molar-refractivity contribution >= 4 is 38.1 Å². The molecule has 32 heavy (non-hydrogen) atoms. The number of nitrogens with one attached hydrogen (secondary N) is 1. The SMILES string of the molecule is Cc1c(S(=O)(=O)Nc2ccc(N3CC[C@@H](C(=O)O)C3)c3ccccc23)cnn1CC(C)C. The molecule has 9 heteroatoms. The fourth-order valence-corrected chi connectivity index (χ4v) is 5.51. The zero-order chi connectivity index (χ0) is 23.0. The van der Waals surface area contributed by atoms with Crippen molar-refractivity contribution in [1.82, 2.24) is 9.78 Å². The van der Waals surface area contributed by atoms with E-state index < -0.39 is 21.9 Å². The van der Waals surface area contributed by atoms with Gasteiger partial charge in [0.2, 0.25) is 0 Å². The summed E-state index contributed by atoms with van der Waals surface area (Å²) >= 11 is 0. The molecule has 2 aromatic carbocycles. The number of hydrogen-bond donors (Lipinski definition) is 2. The Balaban J connectivity index is 1.68. The Morgan fingerprint density at radius 1 is 1.22 bits per heavy atom. The van der Waals surface area contributed by atoms with Crippen LogP contribution in [0.2, 0.25) is 0 Å². The maximum absolute atomic E-state index is 13.2. The van der Waals surface area contributed by atoms with Gasteiger partial charge in [-0.05, 0) is 31.4 Å². The fourth-order valence-electron chi connectivity index (χ4n) is 4.25. The zero-order valence-electron chi connectivity index (χ0n) is 18.4. The van der Waals surface area contributed by atoms with E-state index >= 15 is 0 Å². The highest BCUT2D eigenvalue weighted by Gasteiger charge is 2.29. The molecule has 1 aliphatic rings. The molecule has 4 rings (SSSR count). The standard InChI is InChI=1S/C23H28N4O4S/c1-15(2)13-27-16(3)22(12-24-27)32(30,31)25-20-8-9-21(19-7-5-4-6-18(19)20)26-11-10-17(14-26)23(28)29/h4-9,12,15,17,25H,10-11,13-14H2,1-3H3,(H,28,29)/t17-/m1/s1. The van der Waals surface area contributed by atoms with Crippen molar-refractivity contribution in [2.45, 2.75) is 38.6 Å². The molecule has 1 aromatic heterocycles. The fraction of sp³-hybridized carbons (Fsp3) is 0.391. The van der Waals surface area contributed by atoms with Gasteiger partial charge in [-0.1, -0.05) is 38.1 Å². The molecule has 2 N–H and O–H groups in total. The number of sulfonamides is 1. The van der Waals surface area contributed by atoms with Crippen molar-refractivity contribution in [1.29, 1.82) is 0 Å². The Kier molecular flexibility index (Phi) is 5.85. The van der Waals surface area contributed by atoms with Gasteiger partial charge in [0.15, 0.2) is 0 Å². The lowest BCUT2D eigenvalue weighted by Crippen LogP contribution is -2.23. The van der Waals surface area contributed by atoms with Crippen molar-refractivity contribution in [2.75, 3.05) is 22.7 Å². The average molecular weight is 457 g/mol. The van der Waals surface area contributed by atoms with Crippen molar-refractivity contribution in [3.8, 4) is 0 Å². The Morgan fingerprint density at radius 3 is 2.59 bits per heavy atom. The summed E-state index contributed by atoms with van der Waals surface area (Å²) < 4.78 is 30.8. The lowest BCUT2D eigenvalue weighted by atomic mass is 10.1. The third-order valence-corrected chi connectivity index (χ3v) is 7.38. The number of nitrogens with zero attached hydrogens (tertiary/aromatic N) is 3. The first-order valence-electron chi connectivity index (χ1n) is 10.7. The van der Waals surface area contributed by atoms with Gasteiger partial charge < -0.3 is 10.0 Å². The summed E-state index contributed by atoms with van der Waals surface area (Å²) in [7, 11) is -3.83. The van der Waals surface area contributed by atoms with Crippen LogP contribution in [0.25, 0.3) is 10.8 Å². The number of carbonyl (C=O) groups is 1. The first kappa shape index (κ1) is 22.1. The molecule has 0 radical (unpaired) electrons. The van der Waals surface area contributed by atoms with Crippen LogP contribution in [-0.2, 0) is 21.4 Å². The Labute approximate surface area is 187 Å². The van der Waals surface area contributed by atoms with Gasteiger partial charge in [-0.15, -0.1) is 0 Å². The summed E-state index contributed by atoms with van der Waals surface area (Å²) in [6, 6.07) is 11.2. The lowest BCUT2D eigenvalue weighted by molar-refractivity contribution is -0.140. The summed E-state index contributed by atoms with van der Waals surface area (Å²) in [5, 5.41) is 15.2. The predicted octanol–water partition coefficient (Wildman–Crippen LogP) is 3.71. The van der Waals surface area contributed by atoms with Gasteiger partial charge in [0.25, 0.3) is 10.0 Å². The molecule has 0 amide bonds. The minimum atomic E-state index is -3.83. The van der Waals surface area contributed by atoms with Crippen LogP contribution in [0.15, 0.2) is 47.5 Å². The smallest absolute Gasteiger partial charge is 0.308 e. The van der Waals surface area contributed by atoms with Crippen LogP contribution in [0.1, 0.15) is 26.0 Å². The molecule has 1 aliphatic heterocycles. The second-order valence-electron chi connectivity index (χ2n) is 8.72. The minimum absolute atomic E-state index is 0.162. The average Bonchev–Trinajstić information content (AvgIpc) is 3.36. The van der Waals surface area contributed by atoms with Crippen LogP contribution in [-0.4, -0.2) is 42.4 Å². The second kappa shape index (κ2) is 8.46. The van der Waals surface area contributed by atoms with Crippen molar-refractivity contribution in [2.24, 2.45) is 11.8 Å². The van der Waals surface area contributed by atoms with Crippen LogP contribution in [0.3, 0.4) is 0 Å². The highest BCUT2D eigenvalue weighted by Crippen LogP contribution is 2.36. The van der Waals surface area contributed by atoms with Crippen molar-refractivity contribution < 1.29 is 18.3 Å². The molecule has 170 valence electrons. The van der Waals surface area contributed by atoms with Gasteiger partial charge in [-0.3, -0.25) is 14.2 Å². The molecule has 0 spiro atoms. The van der Waals surface area contributed by atoms with Gasteiger partial charge in [0.05, 0.1) is 23.5 Å². The second-order valence-corrected chi connectivity index (χ2v) is 10.4. The normalized spacial score (nSPS) is 16.8. The molecule has 1 atom stereocenters. The largest absolute Gasteiger partial charge is 0.481 e. The Hall–Kier alpha value is -3.07. The van der Waals surface area contributed by atoms with Crippen LogP contribution < -0.4 is 9.62 Å². The van der Waals surface area contributed by atoms with Crippen LogP contribution >= 0.6 is 0 Å².